The lowest BCUT2D eigenvalue weighted by Crippen LogP contribution is -2.27. The number of ether oxygens (including phenoxy) is 1. The van der Waals surface area contributed by atoms with Crippen LogP contribution in [0.15, 0.2) is 36.5 Å². The first-order valence-electron chi connectivity index (χ1n) is 5.30. The molecule has 3 heteroatoms. The maximum absolute atomic E-state index is 11.2. The molecule has 1 aromatic heterocycles. The molecule has 0 amide bonds. The van der Waals surface area contributed by atoms with Crippen LogP contribution in [0.1, 0.15) is 13.3 Å². The van der Waals surface area contributed by atoms with Crippen LogP contribution in [0.25, 0.3) is 10.9 Å². The highest BCUT2D eigenvalue weighted by Gasteiger charge is 2.07. The van der Waals surface area contributed by atoms with Gasteiger partial charge in [-0.1, -0.05) is 6.92 Å². The molecular formula is C13H14NO2+. The summed E-state index contributed by atoms with van der Waals surface area (Å²) in [7, 11) is 1.97. The highest BCUT2D eigenvalue weighted by Crippen LogP contribution is 2.18. The van der Waals surface area contributed by atoms with Crippen molar-refractivity contribution in [3.63, 3.8) is 0 Å². The highest BCUT2D eigenvalue weighted by atomic mass is 16.5. The van der Waals surface area contributed by atoms with E-state index in [2.05, 4.69) is 0 Å². The third-order valence-corrected chi connectivity index (χ3v) is 2.49. The number of carbonyl (C=O) groups excluding carboxylic acids is 1. The molecule has 0 aliphatic heterocycles. The third-order valence-electron chi connectivity index (χ3n) is 2.49. The fourth-order valence-electron chi connectivity index (χ4n) is 1.59. The third kappa shape index (κ3) is 2.03. The van der Waals surface area contributed by atoms with Gasteiger partial charge in [-0.25, -0.2) is 4.57 Å². The molecule has 0 saturated carbocycles. The summed E-state index contributed by atoms with van der Waals surface area (Å²) in [5, 5.41) is 1.13. The van der Waals surface area contributed by atoms with E-state index in [1.807, 2.05) is 48.1 Å². The zero-order chi connectivity index (χ0) is 11.5. The van der Waals surface area contributed by atoms with E-state index in [0.717, 1.165) is 10.9 Å². The fraction of sp³-hybridized carbons (Fsp3) is 0.231. The summed E-state index contributed by atoms with van der Waals surface area (Å²) in [6, 6.07) is 9.66. The van der Waals surface area contributed by atoms with Crippen LogP contribution in [0, 0.1) is 0 Å². The number of fused-ring (bicyclic) bond motifs is 1. The summed E-state index contributed by atoms with van der Waals surface area (Å²) in [4.78, 5) is 11.2. The minimum Gasteiger partial charge on any atom is -0.426 e. The first-order chi connectivity index (χ1) is 7.70. The molecule has 0 aliphatic rings. The zero-order valence-electron chi connectivity index (χ0n) is 9.43. The van der Waals surface area contributed by atoms with Crippen molar-refractivity contribution in [3.8, 4) is 5.75 Å². The van der Waals surface area contributed by atoms with E-state index in [-0.39, 0.29) is 5.97 Å². The van der Waals surface area contributed by atoms with Crippen molar-refractivity contribution >= 4 is 16.9 Å². The summed E-state index contributed by atoms with van der Waals surface area (Å²) < 4.78 is 7.17. The van der Waals surface area contributed by atoms with E-state index < -0.39 is 0 Å². The number of hydrogen-bond donors (Lipinski definition) is 0. The molecule has 16 heavy (non-hydrogen) atoms. The quantitative estimate of drug-likeness (QED) is 0.436. The zero-order valence-corrected chi connectivity index (χ0v) is 9.43. The van der Waals surface area contributed by atoms with E-state index in [9.17, 15) is 4.79 Å². The predicted octanol–water partition coefficient (Wildman–Crippen LogP) is 1.98. The van der Waals surface area contributed by atoms with Gasteiger partial charge in [0.15, 0.2) is 6.20 Å². The van der Waals surface area contributed by atoms with E-state index in [1.54, 1.807) is 6.92 Å². The van der Waals surface area contributed by atoms with Gasteiger partial charge < -0.3 is 4.74 Å². The Morgan fingerprint density at radius 2 is 2.19 bits per heavy atom. The predicted molar refractivity (Wildman–Crippen MR) is 61.1 cm³/mol. The lowest BCUT2D eigenvalue weighted by atomic mass is 10.2. The highest BCUT2D eigenvalue weighted by molar-refractivity contribution is 5.79. The minimum absolute atomic E-state index is 0.210. The Morgan fingerprint density at radius 1 is 1.38 bits per heavy atom. The largest absolute Gasteiger partial charge is 0.426 e. The van der Waals surface area contributed by atoms with Gasteiger partial charge in [0.05, 0.1) is 6.07 Å². The number of pyridine rings is 1. The molecule has 0 atom stereocenters. The number of aryl methyl sites for hydroxylation is 1. The van der Waals surface area contributed by atoms with Crippen molar-refractivity contribution in [3.05, 3.63) is 36.5 Å². The summed E-state index contributed by atoms with van der Waals surface area (Å²) in [6.07, 6.45) is 2.35. The van der Waals surface area contributed by atoms with Crippen LogP contribution in [-0.2, 0) is 11.8 Å². The topological polar surface area (TPSA) is 30.2 Å². The molecule has 0 spiro atoms. The van der Waals surface area contributed by atoms with Gasteiger partial charge in [-0.3, -0.25) is 4.79 Å². The smallest absolute Gasteiger partial charge is 0.310 e. The number of benzene rings is 1. The number of rotatable bonds is 2. The van der Waals surface area contributed by atoms with Crippen molar-refractivity contribution in [2.45, 2.75) is 13.3 Å². The molecule has 0 aliphatic carbocycles. The summed E-state index contributed by atoms with van der Waals surface area (Å²) in [5.74, 6) is 0.388. The van der Waals surface area contributed by atoms with Crippen LogP contribution >= 0.6 is 0 Å². The van der Waals surface area contributed by atoms with E-state index in [4.69, 9.17) is 4.74 Å². The number of nitrogens with zero attached hydrogens (tertiary/aromatic N) is 1. The minimum atomic E-state index is -0.210. The van der Waals surface area contributed by atoms with Gasteiger partial charge in [-0.2, -0.15) is 0 Å². The van der Waals surface area contributed by atoms with Gasteiger partial charge >= 0.3 is 5.97 Å². The van der Waals surface area contributed by atoms with Crippen molar-refractivity contribution in [2.75, 3.05) is 0 Å². The first kappa shape index (κ1) is 10.6. The van der Waals surface area contributed by atoms with Crippen LogP contribution in [-0.4, -0.2) is 5.97 Å². The standard InChI is InChI=1S/C13H14NO2/c1-3-13(15)16-11-7-6-10-5-4-8-14(2)12(10)9-11/h4-9H,3H2,1-2H3/q+1. The molecule has 82 valence electrons. The Hall–Kier alpha value is -1.90. The number of carbonyl (C=O) groups is 1. The fourth-order valence-corrected chi connectivity index (χ4v) is 1.59. The molecule has 1 aromatic carbocycles. The second kappa shape index (κ2) is 4.31. The average molecular weight is 216 g/mol. The van der Waals surface area contributed by atoms with Gasteiger partial charge in [0.2, 0.25) is 5.52 Å². The second-order valence-electron chi connectivity index (χ2n) is 3.67. The van der Waals surface area contributed by atoms with Crippen molar-refractivity contribution < 1.29 is 14.1 Å². The molecular weight excluding hydrogens is 202 g/mol. The molecule has 1 heterocycles. The van der Waals surface area contributed by atoms with Crippen molar-refractivity contribution in [1.29, 1.82) is 0 Å². The number of esters is 1. The summed E-state index contributed by atoms with van der Waals surface area (Å²) in [6.45, 7) is 1.78. The molecule has 3 nitrogen and oxygen atoms in total. The molecule has 0 fully saturated rings. The monoisotopic (exact) mass is 216 g/mol. The van der Waals surface area contributed by atoms with Gasteiger partial charge in [0, 0.05) is 17.9 Å². The summed E-state index contributed by atoms with van der Waals surface area (Å²) in [5.41, 5.74) is 1.05. The van der Waals surface area contributed by atoms with Crippen LogP contribution in [0.3, 0.4) is 0 Å². The van der Waals surface area contributed by atoms with E-state index in [1.165, 1.54) is 0 Å². The SMILES string of the molecule is CCC(=O)Oc1ccc2ccc[n+](C)c2c1. The van der Waals surface area contributed by atoms with Crippen molar-refractivity contribution in [2.24, 2.45) is 7.05 Å². The maximum atomic E-state index is 11.2. The number of aromatic nitrogens is 1. The molecule has 0 unspecified atom stereocenters. The van der Waals surface area contributed by atoms with Gasteiger partial charge in [-0.05, 0) is 18.2 Å². The average Bonchev–Trinajstić information content (AvgIpc) is 2.30. The molecule has 2 rings (SSSR count). The maximum Gasteiger partial charge on any atom is 0.310 e. The van der Waals surface area contributed by atoms with E-state index >= 15 is 0 Å². The Labute approximate surface area is 94.3 Å². The van der Waals surface area contributed by atoms with Gasteiger partial charge in [0.25, 0.3) is 0 Å². The van der Waals surface area contributed by atoms with Crippen LogP contribution in [0.5, 0.6) is 5.75 Å². The molecule has 0 bridgehead atoms. The van der Waals surface area contributed by atoms with Crippen LogP contribution < -0.4 is 9.30 Å². The van der Waals surface area contributed by atoms with Gasteiger partial charge in [-0.15, -0.1) is 0 Å². The van der Waals surface area contributed by atoms with Crippen LogP contribution in [0.4, 0.5) is 0 Å². The molecule has 0 radical (unpaired) electrons. The molecule has 0 N–H and O–H groups in total. The molecule has 2 aromatic rings. The van der Waals surface area contributed by atoms with Gasteiger partial charge in [0.1, 0.15) is 12.8 Å². The Balaban J connectivity index is 2.43. The normalized spacial score (nSPS) is 10.4. The Kier molecular flexibility index (Phi) is 2.86. The summed E-state index contributed by atoms with van der Waals surface area (Å²) >= 11 is 0. The first-order valence-corrected chi connectivity index (χ1v) is 5.30. The lowest BCUT2D eigenvalue weighted by Gasteiger charge is -2.02. The second-order valence-corrected chi connectivity index (χ2v) is 3.67. The number of hydrogen-bond acceptors (Lipinski definition) is 2. The van der Waals surface area contributed by atoms with Crippen LogP contribution in [0.2, 0.25) is 0 Å². The Morgan fingerprint density at radius 3 is 2.94 bits per heavy atom. The lowest BCUT2D eigenvalue weighted by molar-refractivity contribution is -0.644. The van der Waals surface area contributed by atoms with Crippen molar-refractivity contribution in [1.82, 2.24) is 0 Å². The Bertz CT molecular complexity index is 534. The molecule has 0 saturated heterocycles. The van der Waals surface area contributed by atoms with E-state index in [0.29, 0.717) is 12.2 Å².